The summed E-state index contributed by atoms with van der Waals surface area (Å²) in [6, 6.07) is 1.26. The lowest BCUT2D eigenvalue weighted by molar-refractivity contribution is -0.137. The molecule has 5 heterocycles. The standard InChI is InChI=1S/C28H23F5N6O4S/c1-2-17(40)37-3-5-38(6-4-37)24-13-7-14(28(31,32)33)18(19-15(29)8-16(30)20-21(19)35-25(41)34-20)23-22(13)39(26(42)36-24)9-27(12-44-23)10-43-11-27/h2,7-8H,1,3-6,9-12H2,(H2,34,35,41). The van der Waals surface area contributed by atoms with Crippen molar-refractivity contribution in [2.75, 3.05) is 50.0 Å². The predicted molar refractivity (Wildman–Crippen MR) is 152 cm³/mol. The van der Waals surface area contributed by atoms with E-state index in [9.17, 15) is 18.8 Å². The number of piperazine rings is 1. The fourth-order valence-electron chi connectivity index (χ4n) is 6.20. The number of fused-ring (bicyclic) bond motifs is 1. The van der Waals surface area contributed by atoms with Crippen molar-refractivity contribution in [3.05, 3.63) is 63.0 Å². The van der Waals surface area contributed by atoms with Gasteiger partial charge < -0.3 is 24.5 Å². The van der Waals surface area contributed by atoms with Gasteiger partial charge in [-0.1, -0.05) is 6.58 Å². The molecule has 3 aliphatic heterocycles. The van der Waals surface area contributed by atoms with Crippen molar-refractivity contribution in [2.45, 2.75) is 17.6 Å². The Labute approximate surface area is 248 Å². The minimum Gasteiger partial charge on any atom is -0.380 e. The van der Waals surface area contributed by atoms with Crippen LogP contribution in [0.1, 0.15) is 5.56 Å². The van der Waals surface area contributed by atoms with Crippen LogP contribution in [0.25, 0.3) is 33.1 Å². The number of thioether (sulfide) groups is 1. The number of amides is 1. The lowest BCUT2D eigenvalue weighted by Gasteiger charge is -2.40. The fourth-order valence-corrected chi connectivity index (χ4v) is 7.62. The van der Waals surface area contributed by atoms with Gasteiger partial charge in [0.1, 0.15) is 17.2 Å². The zero-order valence-electron chi connectivity index (χ0n) is 22.8. The predicted octanol–water partition coefficient (Wildman–Crippen LogP) is 3.49. The van der Waals surface area contributed by atoms with Gasteiger partial charge in [-0.05, 0) is 12.1 Å². The second-order valence-electron chi connectivity index (χ2n) is 11.2. The van der Waals surface area contributed by atoms with E-state index in [4.69, 9.17) is 4.74 Å². The van der Waals surface area contributed by atoms with Crippen LogP contribution in [0.2, 0.25) is 0 Å². The number of H-pyrrole nitrogens is 2. The van der Waals surface area contributed by atoms with Crippen LogP contribution >= 0.6 is 11.8 Å². The van der Waals surface area contributed by atoms with Crippen LogP contribution in [-0.2, 0) is 22.3 Å². The van der Waals surface area contributed by atoms with Gasteiger partial charge in [0.05, 0.1) is 29.8 Å². The molecule has 1 amide bonds. The van der Waals surface area contributed by atoms with E-state index in [-0.39, 0.29) is 79.2 Å². The molecule has 0 aliphatic carbocycles. The van der Waals surface area contributed by atoms with E-state index in [2.05, 4.69) is 21.5 Å². The number of imidazole rings is 1. The Bertz CT molecular complexity index is 2010. The highest BCUT2D eigenvalue weighted by Gasteiger charge is 2.45. The number of carbonyl (C=O) groups excluding carboxylic acids is 1. The van der Waals surface area contributed by atoms with Crippen molar-refractivity contribution >= 4 is 45.4 Å². The molecule has 0 bridgehead atoms. The van der Waals surface area contributed by atoms with E-state index in [1.807, 2.05) is 0 Å². The lowest BCUT2D eigenvalue weighted by Crippen LogP contribution is -2.50. The second-order valence-corrected chi connectivity index (χ2v) is 12.2. The minimum atomic E-state index is -5.04. The average molecular weight is 635 g/mol. The Balaban J connectivity index is 1.56. The van der Waals surface area contributed by atoms with E-state index in [0.717, 1.165) is 17.8 Å². The van der Waals surface area contributed by atoms with Gasteiger partial charge in [-0.25, -0.2) is 18.4 Å². The summed E-state index contributed by atoms with van der Waals surface area (Å²) in [4.78, 5) is 49.8. The molecular formula is C28H23F5N6O4S. The Morgan fingerprint density at radius 1 is 1.05 bits per heavy atom. The molecule has 2 aromatic heterocycles. The molecule has 10 nitrogen and oxygen atoms in total. The molecule has 16 heteroatoms. The topological polar surface area (TPSA) is 116 Å². The van der Waals surface area contributed by atoms with Gasteiger partial charge in [0.25, 0.3) is 0 Å². The molecule has 44 heavy (non-hydrogen) atoms. The van der Waals surface area contributed by atoms with Gasteiger partial charge in [-0.15, -0.1) is 11.8 Å². The van der Waals surface area contributed by atoms with Crippen LogP contribution in [-0.4, -0.2) is 75.5 Å². The number of hydrogen-bond donors (Lipinski definition) is 2. The third-order valence-electron chi connectivity index (χ3n) is 8.36. The molecule has 2 N–H and O–H groups in total. The highest BCUT2D eigenvalue weighted by atomic mass is 32.2. The van der Waals surface area contributed by atoms with E-state index in [0.29, 0.717) is 6.07 Å². The molecule has 3 aliphatic rings. The van der Waals surface area contributed by atoms with E-state index >= 15 is 17.6 Å². The van der Waals surface area contributed by atoms with Gasteiger partial charge in [-0.3, -0.25) is 9.36 Å². The highest BCUT2D eigenvalue weighted by molar-refractivity contribution is 7.99. The molecule has 0 atom stereocenters. The summed E-state index contributed by atoms with van der Waals surface area (Å²) in [7, 11) is 0. The molecule has 0 radical (unpaired) electrons. The van der Waals surface area contributed by atoms with Crippen LogP contribution in [0.5, 0.6) is 0 Å². The van der Waals surface area contributed by atoms with Gasteiger partial charge in [0, 0.05) is 71.4 Å². The van der Waals surface area contributed by atoms with Crippen molar-refractivity contribution in [1.29, 1.82) is 0 Å². The molecule has 230 valence electrons. The molecule has 4 aromatic rings. The number of nitrogens with zero attached hydrogens (tertiary/aromatic N) is 4. The summed E-state index contributed by atoms with van der Waals surface area (Å²) < 4.78 is 82.1. The summed E-state index contributed by atoms with van der Waals surface area (Å²) >= 11 is 1.02. The first-order chi connectivity index (χ1) is 20.9. The molecule has 0 saturated carbocycles. The first-order valence-electron chi connectivity index (χ1n) is 13.6. The summed E-state index contributed by atoms with van der Waals surface area (Å²) in [5.41, 5.74) is -5.55. The monoisotopic (exact) mass is 634 g/mol. The first-order valence-corrected chi connectivity index (χ1v) is 14.6. The number of halogens is 5. The highest BCUT2D eigenvalue weighted by Crippen LogP contribution is 2.52. The van der Waals surface area contributed by atoms with E-state index < -0.39 is 62.3 Å². The second kappa shape index (κ2) is 9.92. The van der Waals surface area contributed by atoms with E-state index in [1.165, 1.54) is 15.5 Å². The van der Waals surface area contributed by atoms with Crippen LogP contribution in [0, 0.1) is 17.0 Å². The Morgan fingerprint density at radius 2 is 1.75 bits per heavy atom. The minimum absolute atomic E-state index is 0.00596. The number of aromatic nitrogens is 4. The molecule has 1 spiro atoms. The molecule has 7 rings (SSSR count). The zero-order chi connectivity index (χ0) is 31.1. The number of ether oxygens (including phenoxy) is 1. The Kier molecular flexibility index (Phi) is 6.44. The number of rotatable bonds is 3. The summed E-state index contributed by atoms with van der Waals surface area (Å²) in [6.07, 6.45) is -3.87. The average Bonchev–Trinajstić information content (AvgIpc) is 3.25. The van der Waals surface area contributed by atoms with Gasteiger partial charge in [0.15, 0.2) is 5.82 Å². The number of nitrogens with one attached hydrogen (secondary N) is 2. The summed E-state index contributed by atoms with van der Waals surface area (Å²) in [5.74, 6) is -2.52. The summed E-state index contributed by atoms with van der Waals surface area (Å²) in [6.45, 7) is 4.92. The normalized spacial score (nSPS) is 18.1. The molecule has 2 fully saturated rings. The third-order valence-corrected chi connectivity index (χ3v) is 9.80. The van der Waals surface area contributed by atoms with Crippen LogP contribution in [0.15, 0.2) is 39.3 Å². The lowest BCUT2D eigenvalue weighted by atomic mass is 9.88. The number of anilines is 1. The summed E-state index contributed by atoms with van der Waals surface area (Å²) in [5, 5.41) is 0.0188. The Hall–Kier alpha value is -4.18. The van der Waals surface area contributed by atoms with Crippen LogP contribution < -0.4 is 16.3 Å². The molecule has 2 saturated heterocycles. The number of hydrogen-bond acceptors (Lipinski definition) is 7. The number of aromatic amines is 2. The number of carbonyl (C=O) groups is 1. The molecule has 2 aromatic carbocycles. The van der Waals surface area contributed by atoms with Crippen molar-refractivity contribution < 1.29 is 31.5 Å². The van der Waals surface area contributed by atoms with Gasteiger partial charge >= 0.3 is 17.6 Å². The van der Waals surface area contributed by atoms with Crippen molar-refractivity contribution in [2.24, 2.45) is 5.41 Å². The maximum Gasteiger partial charge on any atom is 0.417 e. The Morgan fingerprint density at radius 3 is 2.39 bits per heavy atom. The van der Waals surface area contributed by atoms with Crippen molar-refractivity contribution in [3.8, 4) is 11.1 Å². The first kappa shape index (κ1) is 28.6. The van der Waals surface area contributed by atoms with Crippen molar-refractivity contribution in [1.82, 2.24) is 24.4 Å². The van der Waals surface area contributed by atoms with Gasteiger partial charge in [0.2, 0.25) is 5.91 Å². The maximum atomic E-state index is 15.7. The fraction of sp³-hybridized carbons (Fsp3) is 0.357. The smallest absolute Gasteiger partial charge is 0.380 e. The van der Waals surface area contributed by atoms with E-state index in [1.54, 1.807) is 4.90 Å². The third kappa shape index (κ3) is 4.33. The molecular weight excluding hydrogens is 611 g/mol. The molecule has 0 unspecified atom stereocenters. The van der Waals surface area contributed by atoms with Crippen LogP contribution in [0.4, 0.5) is 27.8 Å². The number of benzene rings is 2. The quantitative estimate of drug-likeness (QED) is 0.262. The maximum absolute atomic E-state index is 15.7. The zero-order valence-corrected chi connectivity index (χ0v) is 23.6. The van der Waals surface area contributed by atoms with Crippen LogP contribution in [0.3, 0.4) is 0 Å². The SMILES string of the molecule is C=CC(=O)N1CCN(c2nc(=O)n3c4c(c(-c5c(F)cc(F)c6[nH]c(=O)[nH]c56)c(C(F)(F)F)cc24)SCC2(COC2)C3)CC1. The van der Waals surface area contributed by atoms with Gasteiger partial charge in [-0.2, -0.15) is 18.2 Å². The number of alkyl halides is 3. The largest absolute Gasteiger partial charge is 0.417 e. The van der Waals surface area contributed by atoms with Crippen molar-refractivity contribution in [3.63, 3.8) is 0 Å².